The normalized spacial score (nSPS) is 14.8. The van der Waals surface area contributed by atoms with Gasteiger partial charge in [-0.05, 0) is 30.7 Å². The number of para-hydroxylation sites is 2. The van der Waals surface area contributed by atoms with Crippen molar-refractivity contribution in [2.45, 2.75) is 18.2 Å². The number of carbonyl (C=O) groups is 1. The summed E-state index contributed by atoms with van der Waals surface area (Å²) in [5.74, 6) is 0.618. The van der Waals surface area contributed by atoms with Gasteiger partial charge in [0.15, 0.2) is 9.84 Å². The predicted molar refractivity (Wildman–Crippen MR) is 110 cm³/mol. The average molecular weight is 403 g/mol. The van der Waals surface area contributed by atoms with Gasteiger partial charge < -0.3 is 14.5 Å². The van der Waals surface area contributed by atoms with Gasteiger partial charge in [-0.1, -0.05) is 31.2 Å². The van der Waals surface area contributed by atoms with Gasteiger partial charge >= 0.3 is 0 Å². The highest BCUT2D eigenvalue weighted by atomic mass is 32.2. The number of carbonyl (C=O) groups excluding carboxylic acids is 1. The number of ether oxygens (including phenoxy) is 1. The van der Waals surface area contributed by atoms with Crippen molar-refractivity contribution in [2.75, 3.05) is 43.9 Å². The molecule has 0 aliphatic carbocycles. The van der Waals surface area contributed by atoms with Gasteiger partial charge in [-0.3, -0.25) is 4.79 Å². The number of sulfone groups is 1. The summed E-state index contributed by atoms with van der Waals surface area (Å²) in [6.07, 6.45) is 0.516. The van der Waals surface area contributed by atoms with Crippen molar-refractivity contribution < 1.29 is 17.9 Å². The number of nitrogens with zero attached hydrogens (tertiary/aromatic N) is 2. The molecule has 1 aliphatic heterocycles. The van der Waals surface area contributed by atoms with E-state index < -0.39 is 9.84 Å². The van der Waals surface area contributed by atoms with Crippen LogP contribution in [0, 0.1) is 0 Å². The first-order valence-corrected chi connectivity index (χ1v) is 11.1. The smallest absolute Gasteiger partial charge is 0.255 e. The minimum absolute atomic E-state index is 0.0405. The van der Waals surface area contributed by atoms with Crippen LogP contribution in [0.3, 0.4) is 0 Å². The minimum Gasteiger partial charge on any atom is -0.495 e. The fraction of sp³-hybridized carbons (Fsp3) is 0.381. The van der Waals surface area contributed by atoms with Crippen molar-refractivity contribution in [3.05, 3.63) is 54.1 Å². The van der Waals surface area contributed by atoms with E-state index in [9.17, 15) is 13.2 Å². The number of methoxy groups -OCH3 is 1. The Labute approximate surface area is 166 Å². The molecule has 6 nitrogen and oxygen atoms in total. The lowest BCUT2D eigenvalue weighted by molar-refractivity contribution is 0.0743. The molecular formula is C21H26N2O4S. The fourth-order valence-corrected chi connectivity index (χ4v) is 5.04. The van der Waals surface area contributed by atoms with E-state index in [1.54, 1.807) is 30.2 Å². The predicted octanol–water partition coefficient (Wildman–Crippen LogP) is 2.84. The van der Waals surface area contributed by atoms with Gasteiger partial charge in [-0.2, -0.15) is 0 Å². The summed E-state index contributed by atoms with van der Waals surface area (Å²) >= 11 is 0. The van der Waals surface area contributed by atoms with Gasteiger partial charge in [-0.25, -0.2) is 8.42 Å². The van der Waals surface area contributed by atoms with Crippen LogP contribution in [-0.4, -0.2) is 58.3 Å². The molecule has 0 unspecified atom stereocenters. The van der Waals surface area contributed by atoms with Crippen molar-refractivity contribution in [1.29, 1.82) is 0 Å². The van der Waals surface area contributed by atoms with E-state index in [2.05, 4.69) is 4.90 Å². The highest BCUT2D eigenvalue weighted by molar-refractivity contribution is 7.91. The van der Waals surface area contributed by atoms with Crippen LogP contribution >= 0.6 is 0 Å². The Morgan fingerprint density at radius 2 is 1.64 bits per heavy atom. The maximum Gasteiger partial charge on any atom is 0.255 e. The summed E-state index contributed by atoms with van der Waals surface area (Å²) in [5, 5.41) is 0. The zero-order valence-electron chi connectivity index (χ0n) is 16.3. The van der Waals surface area contributed by atoms with Gasteiger partial charge in [0.1, 0.15) is 5.75 Å². The molecule has 150 valence electrons. The average Bonchev–Trinajstić information content (AvgIpc) is 2.73. The van der Waals surface area contributed by atoms with Crippen molar-refractivity contribution in [3.63, 3.8) is 0 Å². The first kappa shape index (κ1) is 20.2. The fourth-order valence-electron chi connectivity index (χ4n) is 3.51. The summed E-state index contributed by atoms with van der Waals surface area (Å²) in [7, 11) is -1.82. The quantitative estimate of drug-likeness (QED) is 0.743. The second-order valence-electron chi connectivity index (χ2n) is 6.77. The summed E-state index contributed by atoms with van der Waals surface area (Å²) in [5.41, 5.74) is 1.27. The second-order valence-corrected chi connectivity index (χ2v) is 8.84. The van der Waals surface area contributed by atoms with E-state index in [1.807, 2.05) is 31.2 Å². The number of rotatable bonds is 6. The largest absolute Gasteiger partial charge is 0.495 e. The lowest BCUT2D eigenvalue weighted by Crippen LogP contribution is -2.49. The third kappa shape index (κ3) is 4.14. The first-order chi connectivity index (χ1) is 13.5. The molecule has 0 saturated carbocycles. The van der Waals surface area contributed by atoms with Gasteiger partial charge in [0.2, 0.25) is 0 Å². The summed E-state index contributed by atoms with van der Waals surface area (Å²) in [6, 6.07) is 14.3. The topological polar surface area (TPSA) is 66.9 Å². The molecule has 1 aliphatic rings. The van der Waals surface area contributed by atoms with Crippen molar-refractivity contribution in [1.82, 2.24) is 4.90 Å². The maximum atomic E-state index is 13.1. The van der Waals surface area contributed by atoms with E-state index in [-0.39, 0.29) is 22.1 Å². The Morgan fingerprint density at radius 1 is 1.00 bits per heavy atom. The molecule has 1 fully saturated rings. The molecule has 0 bridgehead atoms. The Kier molecular flexibility index (Phi) is 6.24. The molecule has 1 heterocycles. The molecule has 3 rings (SSSR count). The molecule has 0 atom stereocenters. The monoisotopic (exact) mass is 402 g/mol. The van der Waals surface area contributed by atoms with E-state index in [4.69, 9.17) is 4.74 Å². The van der Waals surface area contributed by atoms with Crippen LogP contribution in [0.25, 0.3) is 0 Å². The van der Waals surface area contributed by atoms with Gasteiger partial charge in [0.05, 0.1) is 29.0 Å². The molecule has 0 radical (unpaired) electrons. The van der Waals surface area contributed by atoms with Crippen LogP contribution < -0.4 is 9.64 Å². The molecule has 0 N–H and O–H groups in total. The SMILES string of the molecule is CCCS(=O)(=O)c1ccccc1C(=O)N1CCN(c2ccccc2OC)CC1. The van der Waals surface area contributed by atoms with E-state index >= 15 is 0 Å². The maximum absolute atomic E-state index is 13.1. The van der Waals surface area contributed by atoms with Crippen LogP contribution in [-0.2, 0) is 9.84 Å². The molecule has 7 heteroatoms. The number of hydrogen-bond acceptors (Lipinski definition) is 5. The minimum atomic E-state index is -3.46. The Bertz CT molecular complexity index is 935. The van der Waals surface area contributed by atoms with Crippen molar-refractivity contribution in [3.8, 4) is 5.75 Å². The highest BCUT2D eigenvalue weighted by Gasteiger charge is 2.28. The van der Waals surface area contributed by atoms with Crippen LogP contribution in [0.2, 0.25) is 0 Å². The molecular weight excluding hydrogens is 376 g/mol. The van der Waals surface area contributed by atoms with Crippen molar-refractivity contribution >= 4 is 21.4 Å². The van der Waals surface area contributed by atoms with Crippen LogP contribution in [0.4, 0.5) is 5.69 Å². The third-order valence-electron chi connectivity index (χ3n) is 4.92. The number of piperazine rings is 1. The zero-order chi connectivity index (χ0) is 20.1. The standard InChI is InChI=1S/C21H26N2O4S/c1-3-16-28(25,26)20-11-7-4-8-17(20)21(24)23-14-12-22(13-15-23)18-9-5-6-10-19(18)27-2/h4-11H,3,12-16H2,1-2H3. The number of amides is 1. The zero-order valence-corrected chi connectivity index (χ0v) is 17.1. The lowest BCUT2D eigenvalue weighted by atomic mass is 10.1. The third-order valence-corrected chi connectivity index (χ3v) is 6.89. The Morgan fingerprint density at radius 3 is 2.32 bits per heavy atom. The summed E-state index contributed by atoms with van der Waals surface area (Å²) in [4.78, 5) is 17.1. The van der Waals surface area contributed by atoms with Crippen LogP contribution in [0.1, 0.15) is 23.7 Å². The number of hydrogen-bond donors (Lipinski definition) is 0. The molecule has 0 spiro atoms. The number of benzene rings is 2. The van der Waals surface area contributed by atoms with Crippen molar-refractivity contribution in [2.24, 2.45) is 0 Å². The molecule has 2 aromatic carbocycles. The lowest BCUT2D eigenvalue weighted by Gasteiger charge is -2.36. The van der Waals surface area contributed by atoms with Gasteiger partial charge in [0, 0.05) is 26.2 Å². The van der Waals surface area contributed by atoms with E-state index in [1.165, 1.54) is 6.07 Å². The Hall–Kier alpha value is -2.54. The summed E-state index contributed by atoms with van der Waals surface area (Å²) in [6.45, 7) is 4.20. The molecule has 28 heavy (non-hydrogen) atoms. The van der Waals surface area contributed by atoms with Crippen LogP contribution in [0.15, 0.2) is 53.4 Å². The van der Waals surface area contributed by atoms with Gasteiger partial charge in [0.25, 0.3) is 5.91 Å². The molecule has 2 aromatic rings. The van der Waals surface area contributed by atoms with E-state index in [0.717, 1.165) is 11.4 Å². The van der Waals surface area contributed by atoms with E-state index in [0.29, 0.717) is 32.6 Å². The molecule has 0 aromatic heterocycles. The highest BCUT2D eigenvalue weighted by Crippen LogP contribution is 2.29. The summed E-state index contributed by atoms with van der Waals surface area (Å²) < 4.78 is 30.5. The van der Waals surface area contributed by atoms with Gasteiger partial charge in [-0.15, -0.1) is 0 Å². The Balaban J connectivity index is 1.76. The second kappa shape index (κ2) is 8.65. The van der Waals surface area contributed by atoms with Crippen LogP contribution in [0.5, 0.6) is 5.75 Å². The molecule has 1 amide bonds. The molecule has 1 saturated heterocycles. The first-order valence-electron chi connectivity index (χ1n) is 9.47. The number of anilines is 1.